The molecular formula is C18H18F3N3O2S. The van der Waals surface area contributed by atoms with Crippen molar-refractivity contribution in [2.75, 3.05) is 5.01 Å². The molecule has 2 aromatic carbocycles. The Kier molecular flexibility index (Phi) is 4.57. The third-order valence-corrected chi connectivity index (χ3v) is 5.37. The molecule has 1 aliphatic rings. The summed E-state index contributed by atoms with van der Waals surface area (Å²) >= 11 is 0. The maximum Gasteiger partial charge on any atom is 0.416 e. The molecule has 0 radical (unpaired) electrons. The van der Waals surface area contributed by atoms with Crippen molar-refractivity contribution in [1.82, 2.24) is 5.43 Å². The molecule has 9 heteroatoms. The molecule has 0 spiro atoms. The normalized spacial score (nSPS) is 20.7. The van der Waals surface area contributed by atoms with Crippen molar-refractivity contribution < 1.29 is 21.6 Å². The highest BCUT2D eigenvalue weighted by Crippen LogP contribution is 2.45. The Balaban J connectivity index is 2.03. The minimum Gasteiger partial charge on any atom is -0.280 e. The Hall–Kier alpha value is -2.36. The van der Waals surface area contributed by atoms with E-state index in [1.54, 1.807) is 26.0 Å². The van der Waals surface area contributed by atoms with Crippen LogP contribution in [0.5, 0.6) is 0 Å². The van der Waals surface area contributed by atoms with Crippen molar-refractivity contribution in [3.05, 3.63) is 71.4 Å². The van der Waals surface area contributed by atoms with Crippen molar-refractivity contribution >= 4 is 15.7 Å². The SMILES string of the molecule is CC1=CC(c2ccc(C)cc2)(C(F)(F)F)NN1c1ccc(S(N)(=O)=O)cc1. The molecule has 0 saturated heterocycles. The number of hydrogen-bond acceptors (Lipinski definition) is 4. The number of sulfonamides is 1. The first-order valence-electron chi connectivity index (χ1n) is 7.98. The van der Waals surface area contributed by atoms with Gasteiger partial charge in [-0.05, 0) is 49.8 Å². The first-order valence-corrected chi connectivity index (χ1v) is 9.53. The number of hydrogen-bond donors (Lipinski definition) is 2. The van der Waals surface area contributed by atoms with Gasteiger partial charge >= 0.3 is 6.18 Å². The third-order valence-electron chi connectivity index (χ3n) is 4.44. The van der Waals surface area contributed by atoms with Crippen LogP contribution in [0.2, 0.25) is 0 Å². The summed E-state index contributed by atoms with van der Waals surface area (Å²) in [4.78, 5) is -0.118. The zero-order valence-electron chi connectivity index (χ0n) is 14.6. The summed E-state index contributed by atoms with van der Waals surface area (Å²) in [6.07, 6.45) is -3.48. The van der Waals surface area contributed by atoms with E-state index in [2.05, 4.69) is 5.43 Å². The lowest BCUT2D eigenvalue weighted by Gasteiger charge is -2.34. The lowest BCUT2D eigenvalue weighted by molar-refractivity contribution is -0.183. The molecule has 0 aliphatic carbocycles. The predicted octanol–water partition coefficient (Wildman–Crippen LogP) is 3.33. The smallest absolute Gasteiger partial charge is 0.280 e. The number of nitrogens with two attached hydrogens (primary N) is 1. The minimum atomic E-state index is -4.60. The number of rotatable bonds is 3. The number of nitrogens with zero attached hydrogens (tertiary/aromatic N) is 1. The zero-order chi connectivity index (χ0) is 20.0. The molecule has 1 aliphatic heterocycles. The lowest BCUT2D eigenvalue weighted by atomic mass is 9.89. The molecule has 0 aromatic heterocycles. The summed E-state index contributed by atoms with van der Waals surface area (Å²) in [5.41, 5.74) is 1.75. The molecule has 0 bridgehead atoms. The number of halogens is 3. The van der Waals surface area contributed by atoms with Crippen molar-refractivity contribution in [3.8, 4) is 0 Å². The van der Waals surface area contributed by atoms with E-state index in [0.717, 1.165) is 11.6 Å². The zero-order valence-corrected chi connectivity index (χ0v) is 15.4. The molecule has 3 N–H and O–H groups in total. The predicted molar refractivity (Wildman–Crippen MR) is 96.1 cm³/mol. The van der Waals surface area contributed by atoms with E-state index >= 15 is 0 Å². The molecule has 144 valence electrons. The molecule has 3 rings (SSSR count). The number of nitrogens with one attached hydrogen (secondary N) is 1. The maximum atomic E-state index is 14.1. The van der Waals surface area contributed by atoms with Gasteiger partial charge in [-0.25, -0.2) is 19.0 Å². The van der Waals surface area contributed by atoms with Crippen LogP contribution in [-0.2, 0) is 15.6 Å². The number of allylic oxidation sites excluding steroid dienone is 1. The highest BCUT2D eigenvalue weighted by Gasteiger charge is 2.58. The average molecular weight is 397 g/mol. The number of anilines is 1. The van der Waals surface area contributed by atoms with Crippen molar-refractivity contribution in [2.45, 2.75) is 30.5 Å². The maximum absolute atomic E-state index is 14.1. The topological polar surface area (TPSA) is 75.4 Å². The van der Waals surface area contributed by atoms with Gasteiger partial charge in [0.15, 0.2) is 5.54 Å². The van der Waals surface area contributed by atoms with E-state index in [1.807, 2.05) is 0 Å². The van der Waals surface area contributed by atoms with Gasteiger partial charge in [-0.15, -0.1) is 0 Å². The Bertz CT molecular complexity index is 984. The van der Waals surface area contributed by atoms with Gasteiger partial charge in [0, 0.05) is 5.70 Å². The van der Waals surface area contributed by atoms with Crippen LogP contribution in [0.25, 0.3) is 0 Å². The molecule has 0 saturated carbocycles. The Morgan fingerprint density at radius 1 is 1.00 bits per heavy atom. The van der Waals surface area contributed by atoms with Crippen molar-refractivity contribution in [2.24, 2.45) is 5.14 Å². The Labute approximate surface area is 155 Å². The summed E-state index contributed by atoms with van der Waals surface area (Å²) < 4.78 is 64.9. The van der Waals surface area contributed by atoms with Crippen molar-refractivity contribution in [1.29, 1.82) is 0 Å². The Morgan fingerprint density at radius 2 is 1.56 bits per heavy atom. The van der Waals surface area contributed by atoms with Gasteiger partial charge in [0.25, 0.3) is 0 Å². The second-order valence-corrected chi connectivity index (χ2v) is 8.01. The van der Waals surface area contributed by atoms with Gasteiger partial charge in [-0.3, -0.25) is 5.01 Å². The quantitative estimate of drug-likeness (QED) is 0.833. The van der Waals surface area contributed by atoms with Gasteiger partial charge in [0.2, 0.25) is 10.0 Å². The van der Waals surface area contributed by atoms with E-state index in [9.17, 15) is 21.6 Å². The van der Waals surface area contributed by atoms with Crippen LogP contribution in [-0.4, -0.2) is 14.6 Å². The van der Waals surface area contributed by atoms with E-state index in [1.165, 1.54) is 41.4 Å². The van der Waals surface area contributed by atoms with Crippen LogP contribution in [0.4, 0.5) is 18.9 Å². The number of primary sulfonamides is 1. The first kappa shape index (κ1) is 19.4. The second kappa shape index (κ2) is 6.36. The van der Waals surface area contributed by atoms with Crippen LogP contribution < -0.4 is 15.6 Å². The van der Waals surface area contributed by atoms with Crippen LogP contribution in [0.15, 0.2) is 65.2 Å². The van der Waals surface area contributed by atoms with Crippen LogP contribution >= 0.6 is 0 Å². The summed E-state index contributed by atoms with van der Waals surface area (Å²) in [5.74, 6) is 0. The fourth-order valence-electron chi connectivity index (χ4n) is 3.00. The first-order chi connectivity index (χ1) is 12.4. The van der Waals surface area contributed by atoms with Gasteiger partial charge < -0.3 is 0 Å². The summed E-state index contributed by atoms with van der Waals surface area (Å²) in [7, 11) is -3.88. The van der Waals surface area contributed by atoms with E-state index < -0.39 is 21.7 Å². The van der Waals surface area contributed by atoms with Gasteiger partial charge in [0.1, 0.15) is 0 Å². The van der Waals surface area contributed by atoms with E-state index in [0.29, 0.717) is 11.4 Å². The van der Waals surface area contributed by atoms with E-state index in [4.69, 9.17) is 5.14 Å². The lowest BCUT2D eigenvalue weighted by Crippen LogP contribution is -2.54. The molecular weight excluding hydrogens is 379 g/mol. The molecule has 0 fully saturated rings. The number of aryl methyl sites for hydroxylation is 1. The largest absolute Gasteiger partial charge is 0.416 e. The molecule has 1 atom stereocenters. The summed E-state index contributed by atoms with van der Waals surface area (Å²) in [6, 6.07) is 11.4. The standard InChI is InChI=1S/C18H18F3N3O2S/c1-12-3-5-14(6-4-12)17(18(19,20)21)11-13(2)24(23-17)15-7-9-16(10-8-15)27(22,25)26/h3-11,23H,1-2H3,(H2,22,25,26). The molecule has 1 heterocycles. The fourth-order valence-corrected chi connectivity index (χ4v) is 3.52. The van der Waals surface area contributed by atoms with E-state index in [-0.39, 0.29) is 10.5 Å². The highest BCUT2D eigenvalue weighted by atomic mass is 32.2. The molecule has 0 amide bonds. The monoisotopic (exact) mass is 397 g/mol. The van der Waals surface area contributed by atoms with Crippen LogP contribution in [0, 0.1) is 6.92 Å². The third kappa shape index (κ3) is 3.45. The van der Waals surface area contributed by atoms with Gasteiger partial charge in [-0.1, -0.05) is 29.8 Å². The minimum absolute atomic E-state index is 0.0589. The molecule has 2 aromatic rings. The van der Waals surface area contributed by atoms with Crippen molar-refractivity contribution in [3.63, 3.8) is 0 Å². The number of alkyl halides is 3. The molecule has 27 heavy (non-hydrogen) atoms. The summed E-state index contributed by atoms with van der Waals surface area (Å²) in [5, 5.41) is 6.34. The molecule has 1 unspecified atom stereocenters. The Morgan fingerprint density at radius 3 is 2.04 bits per heavy atom. The average Bonchev–Trinajstić information content (AvgIpc) is 2.93. The van der Waals surface area contributed by atoms with Gasteiger partial charge in [0.05, 0.1) is 10.6 Å². The van der Waals surface area contributed by atoms with Crippen LogP contribution in [0.3, 0.4) is 0 Å². The number of benzene rings is 2. The fraction of sp³-hybridized carbons (Fsp3) is 0.222. The molecule has 5 nitrogen and oxygen atoms in total. The summed E-state index contributed by atoms with van der Waals surface area (Å²) in [6.45, 7) is 3.34. The number of hydrazine groups is 1. The van der Waals surface area contributed by atoms with Gasteiger partial charge in [-0.2, -0.15) is 13.2 Å². The highest BCUT2D eigenvalue weighted by molar-refractivity contribution is 7.89. The second-order valence-electron chi connectivity index (χ2n) is 6.44. The van der Waals surface area contributed by atoms with Crippen LogP contribution in [0.1, 0.15) is 18.1 Å².